The van der Waals surface area contributed by atoms with Gasteiger partial charge in [0, 0.05) is 102 Å². The molecule has 1 aliphatic carbocycles. The maximum Gasteiger partial charge on any atom is 0.275 e. The van der Waals surface area contributed by atoms with Gasteiger partial charge in [0.15, 0.2) is 24.8 Å². The summed E-state index contributed by atoms with van der Waals surface area (Å²) in [5.74, 6) is 0. The number of aryl methyl sites for hydroxylation is 1. The van der Waals surface area contributed by atoms with Crippen LogP contribution in [0.25, 0.3) is 112 Å². The van der Waals surface area contributed by atoms with Crippen molar-refractivity contribution in [2.75, 3.05) is 0 Å². The van der Waals surface area contributed by atoms with Crippen molar-refractivity contribution in [2.24, 2.45) is 7.05 Å². The summed E-state index contributed by atoms with van der Waals surface area (Å²) in [6, 6.07) is 77.0. The molecule has 3 atom stereocenters. The molecule has 380 valence electrons. The van der Waals surface area contributed by atoms with Gasteiger partial charge in [0.1, 0.15) is 12.5 Å². The Labute approximate surface area is 467 Å². The van der Waals surface area contributed by atoms with E-state index in [1.165, 1.54) is 44.8 Å². The van der Waals surface area contributed by atoms with E-state index >= 15 is 0 Å². The van der Waals surface area contributed by atoms with Crippen LogP contribution in [0.2, 0.25) is 0 Å². The molecule has 6 aromatic heterocycles. The van der Waals surface area contributed by atoms with Crippen LogP contribution in [-0.4, -0.2) is 15.0 Å². The van der Waals surface area contributed by atoms with Gasteiger partial charge >= 0.3 is 0 Å². The second-order valence-corrected chi connectivity index (χ2v) is 21.9. The van der Waals surface area contributed by atoms with Crippen molar-refractivity contribution < 1.29 is 13.7 Å². The number of aromatic nitrogens is 6. The van der Waals surface area contributed by atoms with Gasteiger partial charge in [0.05, 0.1) is 11.1 Å². The smallest absolute Gasteiger partial charge is 0.264 e. The molecule has 8 heterocycles. The van der Waals surface area contributed by atoms with E-state index in [0.717, 1.165) is 90.7 Å². The average molecular weight is 1030 g/mol. The third-order valence-corrected chi connectivity index (χ3v) is 18.0. The van der Waals surface area contributed by atoms with E-state index in [-0.39, 0.29) is 16.5 Å². The standard InChI is InChI=1S/C74H57N6/c1-4-72-68-28-27-52(45-67(68)71-26-8-10-33-79(71)73(72,5-2)74(72)69-24-7-6-23-66(69)70-25-9-11-34-80(70)74)50-17-12-18-51(35-50)57-36-62(64-40-58(53-19-13-29-75-46-53)38-59(41-64)54-20-14-30-76-47-54)44-63(37-57)65-42-60(55-21-15-31-77-48-55)39-61(43-65)56-22-16-32-78(3)49-56/h6-49H,4-5H2,1-3H3/q+3. The summed E-state index contributed by atoms with van der Waals surface area (Å²) >= 11 is 0. The van der Waals surface area contributed by atoms with Crippen LogP contribution in [-0.2, 0) is 23.5 Å². The summed E-state index contributed by atoms with van der Waals surface area (Å²) in [4.78, 5) is 13.7. The van der Waals surface area contributed by atoms with Crippen molar-refractivity contribution in [3.63, 3.8) is 0 Å². The highest BCUT2D eigenvalue weighted by atomic mass is 15.3. The van der Waals surface area contributed by atoms with Gasteiger partial charge in [-0.05, 0) is 188 Å². The first-order valence-corrected chi connectivity index (χ1v) is 27.9. The van der Waals surface area contributed by atoms with Gasteiger partial charge in [-0.1, -0.05) is 80.6 Å². The summed E-state index contributed by atoms with van der Waals surface area (Å²) in [6.07, 6.45) is 22.3. The molecule has 1 saturated carbocycles. The fraction of sp³-hybridized carbons (Fsp3) is 0.108. The quantitative estimate of drug-likeness (QED) is 0.128. The number of benzene rings is 6. The van der Waals surface area contributed by atoms with E-state index in [4.69, 9.17) is 0 Å². The lowest BCUT2D eigenvalue weighted by Crippen LogP contribution is -2.60. The number of hydrogen-bond donors (Lipinski definition) is 0. The molecule has 3 unspecified atom stereocenters. The van der Waals surface area contributed by atoms with Crippen molar-refractivity contribution in [3.05, 3.63) is 279 Å². The molecular weight excluding hydrogens is 973 g/mol. The number of rotatable bonds is 10. The Hall–Kier alpha value is -9.78. The van der Waals surface area contributed by atoms with Crippen LogP contribution in [0.1, 0.15) is 37.8 Å². The SMILES string of the molecule is CCC12c3ccc(-c4cccc(-c5cc(-c6cc(-c7cccnc7)cc(-c7cccnc7)c6)cc(-c6cc(-c7cccnc7)cc(-c7ccc[n+](C)c7)c6)c5)c4)cc3-c3cccc[n+]3C1(CC)C21c2ccccc2-c2cccc[n+]21. The monoisotopic (exact) mass is 1030 g/mol. The first kappa shape index (κ1) is 47.4. The van der Waals surface area contributed by atoms with Crippen LogP contribution >= 0.6 is 0 Å². The van der Waals surface area contributed by atoms with Crippen LogP contribution in [0.5, 0.6) is 0 Å². The second-order valence-electron chi connectivity index (χ2n) is 21.9. The third kappa shape index (κ3) is 6.91. The van der Waals surface area contributed by atoms with Crippen LogP contribution < -0.4 is 13.7 Å². The molecule has 0 bridgehead atoms. The molecule has 0 N–H and O–H groups in total. The molecule has 6 aromatic carbocycles. The summed E-state index contributed by atoms with van der Waals surface area (Å²) in [6.45, 7) is 4.84. The summed E-state index contributed by atoms with van der Waals surface area (Å²) < 4.78 is 7.44. The van der Waals surface area contributed by atoms with Gasteiger partial charge in [-0.2, -0.15) is 9.13 Å². The minimum atomic E-state index is -0.305. The van der Waals surface area contributed by atoms with E-state index in [9.17, 15) is 0 Å². The number of nitrogens with zero attached hydrogens (tertiary/aromatic N) is 6. The second kappa shape index (κ2) is 18.4. The molecule has 80 heavy (non-hydrogen) atoms. The first-order valence-electron chi connectivity index (χ1n) is 27.9. The molecule has 6 nitrogen and oxygen atoms in total. The van der Waals surface area contributed by atoms with Gasteiger partial charge < -0.3 is 0 Å². The molecule has 0 amide bonds. The Morgan fingerprint density at radius 2 is 0.787 bits per heavy atom. The van der Waals surface area contributed by atoms with E-state index < -0.39 is 0 Å². The van der Waals surface area contributed by atoms with Crippen LogP contribution in [0, 0.1) is 0 Å². The average Bonchev–Trinajstić information content (AvgIpc) is 2.52. The zero-order chi connectivity index (χ0) is 53.6. The number of hydrogen-bond acceptors (Lipinski definition) is 3. The minimum Gasteiger partial charge on any atom is -0.264 e. The fourth-order valence-electron chi connectivity index (χ4n) is 14.8. The fourth-order valence-corrected chi connectivity index (χ4v) is 14.8. The molecule has 0 radical (unpaired) electrons. The molecule has 15 rings (SSSR count). The highest BCUT2D eigenvalue weighted by molar-refractivity contribution is 5.90. The van der Waals surface area contributed by atoms with Crippen molar-refractivity contribution in [1.29, 1.82) is 0 Å². The van der Waals surface area contributed by atoms with Crippen molar-refractivity contribution in [2.45, 2.75) is 43.2 Å². The predicted molar refractivity (Wildman–Crippen MR) is 320 cm³/mol. The molecule has 2 aliphatic heterocycles. The molecule has 12 aromatic rings. The lowest BCUT2D eigenvalue weighted by molar-refractivity contribution is -0.799. The van der Waals surface area contributed by atoms with E-state index in [2.05, 4.69) is 262 Å². The predicted octanol–water partition coefficient (Wildman–Crippen LogP) is 15.5. The van der Waals surface area contributed by atoms with Crippen molar-refractivity contribution in [3.8, 4) is 112 Å². The van der Waals surface area contributed by atoms with Gasteiger partial charge in [-0.25, -0.2) is 4.57 Å². The molecule has 1 spiro atoms. The van der Waals surface area contributed by atoms with Gasteiger partial charge in [0.2, 0.25) is 11.4 Å². The number of pyridine rings is 6. The Bertz CT molecular complexity index is 4320. The maximum atomic E-state index is 4.56. The Kier molecular flexibility index (Phi) is 10.9. The topological polar surface area (TPSA) is 50.3 Å². The summed E-state index contributed by atoms with van der Waals surface area (Å²) in [5, 5.41) is 0. The zero-order valence-electron chi connectivity index (χ0n) is 45.0. The number of fused-ring (bicyclic) bond motifs is 13. The lowest BCUT2D eigenvalue weighted by Gasteiger charge is -2.26. The van der Waals surface area contributed by atoms with E-state index in [0.29, 0.717) is 0 Å². The molecule has 0 saturated heterocycles. The summed E-state index contributed by atoms with van der Waals surface area (Å²) in [7, 11) is 2.08. The Balaban J connectivity index is 0.919. The lowest BCUT2D eigenvalue weighted by atomic mass is 9.77. The third-order valence-electron chi connectivity index (χ3n) is 18.0. The Morgan fingerprint density at radius 3 is 1.32 bits per heavy atom. The van der Waals surface area contributed by atoms with Gasteiger partial charge in [-0.15, -0.1) is 0 Å². The maximum absolute atomic E-state index is 4.56. The van der Waals surface area contributed by atoms with Crippen LogP contribution in [0.15, 0.2) is 268 Å². The van der Waals surface area contributed by atoms with Gasteiger partial charge in [0.25, 0.3) is 11.1 Å². The molecule has 6 heteroatoms. The van der Waals surface area contributed by atoms with Crippen molar-refractivity contribution >= 4 is 0 Å². The highest BCUT2D eigenvalue weighted by Crippen LogP contribution is 2.80. The first-order chi connectivity index (χ1) is 39.4. The van der Waals surface area contributed by atoms with E-state index in [1.54, 1.807) is 0 Å². The van der Waals surface area contributed by atoms with Gasteiger partial charge in [-0.3, -0.25) is 15.0 Å². The Morgan fingerprint density at radius 1 is 0.338 bits per heavy atom. The van der Waals surface area contributed by atoms with Crippen LogP contribution in [0.3, 0.4) is 0 Å². The molecule has 1 fully saturated rings. The molecule has 3 aliphatic rings. The largest absolute Gasteiger partial charge is 0.275 e. The zero-order valence-corrected chi connectivity index (χ0v) is 45.0. The van der Waals surface area contributed by atoms with Crippen LogP contribution in [0.4, 0.5) is 0 Å². The van der Waals surface area contributed by atoms with Crippen molar-refractivity contribution in [1.82, 2.24) is 15.0 Å². The normalized spacial score (nSPS) is 17.9. The molecular formula is C74H57N6+3. The minimum absolute atomic E-state index is 0.203. The summed E-state index contributed by atoms with van der Waals surface area (Å²) in [5.41, 5.74) is 25.1. The van der Waals surface area contributed by atoms with E-state index in [1.807, 2.05) is 55.4 Å². The highest BCUT2D eigenvalue weighted by Gasteiger charge is 3.03.